The number of imide groups is 1. The predicted octanol–water partition coefficient (Wildman–Crippen LogP) is 2.41. The van der Waals surface area contributed by atoms with Crippen LogP contribution in [0, 0.1) is 0 Å². The molecule has 2 aliphatic rings. The van der Waals surface area contributed by atoms with Crippen LogP contribution in [0.25, 0.3) is 0 Å². The van der Waals surface area contributed by atoms with Crippen LogP contribution >= 0.6 is 11.6 Å². The summed E-state index contributed by atoms with van der Waals surface area (Å²) < 4.78 is 9.23. The number of carbonyl (C=O) groups excluding carboxylic acids is 4. The number of hydrogen-bond acceptors (Lipinski definition) is 6. The fourth-order valence-electron chi connectivity index (χ4n) is 3.04. The van der Waals surface area contributed by atoms with Crippen molar-refractivity contribution in [2.75, 3.05) is 18.6 Å². The highest BCUT2D eigenvalue weighted by Gasteiger charge is 2.39. The summed E-state index contributed by atoms with van der Waals surface area (Å²) in [4.78, 5) is 49.5. The van der Waals surface area contributed by atoms with Gasteiger partial charge >= 0.3 is 11.9 Å². The van der Waals surface area contributed by atoms with Crippen LogP contribution < -0.4 is 4.90 Å². The van der Waals surface area contributed by atoms with Gasteiger partial charge in [-0.25, -0.2) is 14.5 Å². The molecular formula is C18H16ClNO6. The fraction of sp³-hybridized carbons (Fsp3) is 0.333. The van der Waals surface area contributed by atoms with Crippen LogP contribution in [0.2, 0.25) is 5.02 Å². The number of rotatable bonds is 4. The number of carbonyl (C=O) groups is 4. The summed E-state index contributed by atoms with van der Waals surface area (Å²) >= 11 is 6.03. The Bertz CT molecular complexity index is 816. The summed E-state index contributed by atoms with van der Waals surface area (Å²) in [5, 5.41) is 0.0837. The summed E-state index contributed by atoms with van der Waals surface area (Å²) in [5.74, 6) is -2.28. The maximum Gasteiger partial charge on any atom is 0.344 e. The molecule has 0 atom stereocenters. The molecule has 0 fully saturated rings. The van der Waals surface area contributed by atoms with E-state index in [4.69, 9.17) is 16.3 Å². The minimum atomic E-state index is -0.848. The molecule has 1 heterocycles. The lowest BCUT2D eigenvalue weighted by atomic mass is 9.93. The minimum absolute atomic E-state index is 0.0430. The molecule has 26 heavy (non-hydrogen) atoms. The van der Waals surface area contributed by atoms with E-state index in [0.29, 0.717) is 24.0 Å². The average molecular weight is 378 g/mol. The molecule has 1 aliphatic carbocycles. The third kappa shape index (κ3) is 3.22. The number of anilines is 1. The number of benzene rings is 1. The minimum Gasteiger partial charge on any atom is -0.466 e. The maximum atomic E-state index is 12.6. The first-order valence-electron chi connectivity index (χ1n) is 8.08. The molecule has 2 amide bonds. The predicted molar refractivity (Wildman–Crippen MR) is 91.7 cm³/mol. The van der Waals surface area contributed by atoms with Crippen molar-refractivity contribution in [3.8, 4) is 0 Å². The molecule has 8 heteroatoms. The molecule has 1 aromatic carbocycles. The molecule has 0 unspecified atom stereocenters. The van der Waals surface area contributed by atoms with Gasteiger partial charge in [0, 0.05) is 11.1 Å². The van der Waals surface area contributed by atoms with Gasteiger partial charge in [0.15, 0.2) is 6.61 Å². The fourth-order valence-corrected chi connectivity index (χ4v) is 3.24. The van der Waals surface area contributed by atoms with Crippen molar-refractivity contribution in [2.24, 2.45) is 0 Å². The first kappa shape index (κ1) is 18.1. The molecule has 0 radical (unpaired) electrons. The smallest absolute Gasteiger partial charge is 0.344 e. The summed E-state index contributed by atoms with van der Waals surface area (Å²) in [5.41, 5.74) is 1.29. The van der Waals surface area contributed by atoms with E-state index >= 15 is 0 Å². The molecule has 0 aromatic heterocycles. The second-order valence-corrected chi connectivity index (χ2v) is 6.33. The lowest BCUT2D eigenvalue weighted by Gasteiger charge is -2.16. The molecule has 1 aromatic rings. The second-order valence-electron chi connectivity index (χ2n) is 5.93. The zero-order chi connectivity index (χ0) is 18.8. The molecule has 0 N–H and O–H groups in total. The number of nitrogens with zero attached hydrogens (tertiary/aromatic N) is 1. The highest BCUT2D eigenvalue weighted by Crippen LogP contribution is 2.36. The van der Waals surface area contributed by atoms with Gasteiger partial charge in [-0.15, -0.1) is 0 Å². The van der Waals surface area contributed by atoms with Crippen molar-refractivity contribution in [3.63, 3.8) is 0 Å². The van der Waals surface area contributed by atoms with Gasteiger partial charge in [-0.2, -0.15) is 0 Å². The Hall–Kier alpha value is -2.67. The second kappa shape index (κ2) is 7.29. The highest BCUT2D eigenvalue weighted by atomic mass is 35.5. The van der Waals surface area contributed by atoms with Crippen molar-refractivity contribution >= 4 is 41.0 Å². The largest absolute Gasteiger partial charge is 0.466 e. The topological polar surface area (TPSA) is 90.0 Å². The molecule has 136 valence electrons. The Morgan fingerprint density at radius 2 is 1.73 bits per heavy atom. The van der Waals surface area contributed by atoms with Crippen LogP contribution in [-0.2, 0) is 23.9 Å². The molecule has 0 spiro atoms. The lowest BCUT2D eigenvalue weighted by Crippen LogP contribution is -2.31. The van der Waals surface area contributed by atoms with Crippen LogP contribution in [0.5, 0.6) is 0 Å². The van der Waals surface area contributed by atoms with Crippen LogP contribution in [0.4, 0.5) is 5.69 Å². The normalized spacial score (nSPS) is 16.6. The van der Waals surface area contributed by atoms with Gasteiger partial charge in [-0.05, 0) is 43.9 Å². The lowest BCUT2D eigenvalue weighted by molar-refractivity contribution is -0.144. The average Bonchev–Trinajstić information content (AvgIpc) is 2.91. The zero-order valence-electron chi connectivity index (χ0n) is 14.0. The molecule has 1 aliphatic heterocycles. The number of hydrogen-bond donors (Lipinski definition) is 0. The van der Waals surface area contributed by atoms with E-state index in [2.05, 4.69) is 4.74 Å². The summed E-state index contributed by atoms with van der Waals surface area (Å²) in [6, 6.07) is 4.22. The van der Waals surface area contributed by atoms with Crippen LogP contribution in [-0.4, -0.2) is 37.5 Å². The van der Waals surface area contributed by atoms with Gasteiger partial charge in [-0.3, -0.25) is 9.59 Å². The van der Waals surface area contributed by atoms with E-state index in [0.717, 1.165) is 17.7 Å². The number of ether oxygens (including phenoxy) is 2. The number of methoxy groups -OCH3 is 1. The Kier molecular flexibility index (Phi) is 5.08. The number of halogens is 1. The van der Waals surface area contributed by atoms with Gasteiger partial charge in [-0.1, -0.05) is 11.6 Å². The molecule has 0 saturated heterocycles. The Labute approximate surface area is 154 Å². The van der Waals surface area contributed by atoms with Crippen molar-refractivity contribution < 1.29 is 28.7 Å². The highest BCUT2D eigenvalue weighted by molar-refractivity contribution is 6.35. The van der Waals surface area contributed by atoms with E-state index < -0.39 is 18.5 Å². The van der Waals surface area contributed by atoms with Crippen molar-refractivity contribution in [1.82, 2.24) is 0 Å². The third-order valence-corrected chi connectivity index (χ3v) is 4.70. The van der Waals surface area contributed by atoms with E-state index in [1.165, 1.54) is 25.3 Å². The van der Waals surface area contributed by atoms with Gasteiger partial charge in [0.1, 0.15) is 0 Å². The van der Waals surface area contributed by atoms with Crippen molar-refractivity contribution in [1.29, 1.82) is 0 Å². The van der Waals surface area contributed by atoms with E-state index in [1.807, 2.05) is 0 Å². The Morgan fingerprint density at radius 3 is 2.31 bits per heavy atom. The van der Waals surface area contributed by atoms with Crippen LogP contribution in [0.3, 0.4) is 0 Å². The first-order chi connectivity index (χ1) is 12.4. The van der Waals surface area contributed by atoms with Crippen molar-refractivity contribution in [3.05, 3.63) is 39.9 Å². The molecule has 7 nitrogen and oxygen atoms in total. The third-order valence-electron chi connectivity index (χ3n) is 4.37. The van der Waals surface area contributed by atoms with E-state index in [1.54, 1.807) is 0 Å². The van der Waals surface area contributed by atoms with Gasteiger partial charge in [0.25, 0.3) is 11.8 Å². The number of amides is 2. The van der Waals surface area contributed by atoms with Gasteiger partial charge < -0.3 is 9.47 Å². The maximum absolute atomic E-state index is 12.6. The van der Waals surface area contributed by atoms with Gasteiger partial charge in [0.2, 0.25) is 0 Å². The molecule has 0 saturated carbocycles. The monoisotopic (exact) mass is 377 g/mol. The van der Waals surface area contributed by atoms with Crippen LogP contribution in [0.1, 0.15) is 36.0 Å². The van der Waals surface area contributed by atoms with Gasteiger partial charge in [0.05, 0.1) is 23.4 Å². The van der Waals surface area contributed by atoms with Crippen LogP contribution in [0.15, 0.2) is 29.3 Å². The van der Waals surface area contributed by atoms with Crippen molar-refractivity contribution in [2.45, 2.75) is 25.7 Å². The standard InChI is InChI=1S/C18H16ClNO6/c1-25-15(21)9-26-18(24)13-8-10(6-7-14(13)19)20-16(22)11-4-2-3-5-12(11)17(20)23/h6-8H,2-5,9H2,1H3. The summed E-state index contributed by atoms with van der Waals surface area (Å²) in [6.45, 7) is -0.562. The summed E-state index contributed by atoms with van der Waals surface area (Å²) in [7, 11) is 1.17. The molecule has 0 bridgehead atoms. The molecular weight excluding hydrogens is 362 g/mol. The first-order valence-corrected chi connectivity index (χ1v) is 8.46. The summed E-state index contributed by atoms with van der Waals surface area (Å²) in [6.07, 6.45) is 2.91. The number of esters is 2. The Morgan fingerprint density at radius 1 is 1.12 bits per heavy atom. The molecule has 3 rings (SSSR count). The Balaban J connectivity index is 1.86. The quantitative estimate of drug-likeness (QED) is 0.591. The SMILES string of the molecule is COC(=O)COC(=O)c1cc(N2C(=O)C3=C(CCCC3)C2=O)ccc1Cl. The van der Waals surface area contributed by atoms with E-state index in [-0.39, 0.29) is 28.1 Å². The zero-order valence-corrected chi connectivity index (χ0v) is 14.8. The van der Waals surface area contributed by atoms with E-state index in [9.17, 15) is 19.2 Å².